The average Bonchev–Trinajstić information content (AvgIpc) is 2.49. The highest BCUT2D eigenvalue weighted by Gasteiger charge is 2.13. The van der Waals surface area contributed by atoms with E-state index in [0.29, 0.717) is 15.7 Å². The second-order valence-corrected chi connectivity index (χ2v) is 5.38. The molecule has 2 rings (SSSR count). The maximum absolute atomic E-state index is 10.9. The fraction of sp³-hybridized carbons (Fsp3) is 0.133. The van der Waals surface area contributed by atoms with Gasteiger partial charge in [-0.05, 0) is 52.7 Å². The Kier molecular flexibility index (Phi) is 4.55. The van der Waals surface area contributed by atoms with Crippen molar-refractivity contribution >= 4 is 27.3 Å². The molecule has 0 aliphatic heterocycles. The number of nitro benzene ring substituents is 1. The lowest BCUT2D eigenvalue weighted by Gasteiger charge is -2.15. The van der Waals surface area contributed by atoms with Gasteiger partial charge < -0.3 is 5.32 Å². The van der Waals surface area contributed by atoms with Crippen molar-refractivity contribution in [1.82, 2.24) is 0 Å². The quantitative estimate of drug-likeness (QED) is 0.657. The van der Waals surface area contributed by atoms with Gasteiger partial charge in [-0.3, -0.25) is 10.1 Å². The molecule has 6 heteroatoms. The molecule has 0 saturated heterocycles. The molecule has 0 aliphatic carbocycles. The number of anilines is 1. The summed E-state index contributed by atoms with van der Waals surface area (Å²) in [6.07, 6.45) is 0. The van der Waals surface area contributed by atoms with Gasteiger partial charge in [0.05, 0.1) is 21.0 Å². The number of benzene rings is 2. The highest BCUT2D eigenvalue weighted by atomic mass is 79.9. The maximum atomic E-state index is 10.9. The number of nitro groups is 1. The van der Waals surface area contributed by atoms with Crippen LogP contribution in [0.4, 0.5) is 11.4 Å². The Bertz CT molecular complexity index is 708. The summed E-state index contributed by atoms with van der Waals surface area (Å²) < 4.78 is 0.448. The summed E-state index contributed by atoms with van der Waals surface area (Å²) in [5, 5.41) is 22.9. The minimum absolute atomic E-state index is 0.0204. The first kappa shape index (κ1) is 15.0. The molecule has 5 nitrogen and oxygen atoms in total. The number of hydrogen-bond donors (Lipinski definition) is 1. The average molecular weight is 346 g/mol. The van der Waals surface area contributed by atoms with Crippen LogP contribution in [0.2, 0.25) is 0 Å². The van der Waals surface area contributed by atoms with Crippen molar-refractivity contribution in [1.29, 1.82) is 5.26 Å². The molecule has 21 heavy (non-hydrogen) atoms. The normalized spacial score (nSPS) is 11.5. The highest BCUT2D eigenvalue weighted by molar-refractivity contribution is 9.10. The van der Waals surface area contributed by atoms with E-state index in [1.54, 1.807) is 24.3 Å². The first-order chi connectivity index (χ1) is 10.0. The Balaban J connectivity index is 2.19. The van der Waals surface area contributed by atoms with Gasteiger partial charge in [0, 0.05) is 17.8 Å². The third kappa shape index (κ3) is 3.58. The van der Waals surface area contributed by atoms with Crippen LogP contribution in [-0.2, 0) is 0 Å². The molecule has 0 bridgehead atoms. The second-order valence-electron chi connectivity index (χ2n) is 4.52. The molecule has 0 saturated carbocycles. The molecule has 0 amide bonds. The lowest BCUT2D eigenvalue weighted by molar-refractivity contribution is -0.385. The smallest absolute Gasteiger partial charge is 0.285 e. The first-order valence-corrected chi connectivity index (χ1v) is 7.01. The number of nitriles is 1. The highest BCUT2D eigenvalue weighted by Crippen LogP contribution is 2.29. The molecule has 0 fully saturated rings. The number of halogens is 1. The van der Waals surface area contributed by atoms with Crippen molar-refractivity contribution < 1.29 is 4.92 Å². The molecule has 0 aliphatic rings. The Morgan fingerprint density at radius 3 is 2.52 bits per heavy atom. The number of rotatable bonds is 4. The van der Waals surface area contributed by atoms with E-state index in [4.69, 9.17) is 5.26 Å². The van der Waals surface area contributed by atoms with Crippen LogP contribution in [0.1, 0.15) is 24.1 Å². The third-order valence-corrected chi connectivity index (χ3v) is 3.74. The van der Waals surface area contributed by atoms with Gasteiger partial charge in [0.15, 0.2) is 0 Å². The second kappa shape index (κ2) is 6.37. The fourth-order valence-electron chi connectivity index (χ4n) is 1.92. The molecule has 2 aromatic rings. The maximum Gasteiger partial charge on any atom is 0.285 e. The zero-order chi connectivity index (χ0) is 15.4. The van der Waals surface area contributed by atoms with E-state index in [1.807, 2.05) is 19.1 Å². The Hall–Kier alpha value is -2.39. The third-order valence-electron chi connectivity index (χ3n) is 3.07. The van der Waals surface area contributed by atoms with E-state index in [9.17, 15) is 10.1 Å². The molecule has 106 valence electrons. The van der Waals surface area contributed by atoms with E-state index in [2.05, 4.69) is 27.3 Å². The number of nitrogens with one attached hydrogen (secondary N) is 1. The molecule has 2 aromatic carbocycles. The van der Waals surface area contributed by atoms with E-state index < -0.39 is 4.92 Å². The van der Waals surface area contributed by atoms with Gasteiger partial charge in [-0.1, -0.05) is 12.1 Å². The summed E-state index contributed by atoms with van der Waals surface area (Å²) >= 11 is 3.16. The summed E-state index contributed by atoms with van der Waals surface area (Å²) in [5.41, 5.74) is 2.29. The monoisotopic (exact) mass is 345 g/mol. The Morgan fingerprint density at radius 2 is 1.95 bits per heavy atom. The Morgan fingerprint density at radius 1 is 1.29 bits per heavy atom. The predicted molar refractivity (Wildman–Crippen MR) is 84.0 cm³/mol. The summed E-state index contributed by atoms with van der Waals surface area (Å²) in [6.45, 7) is 1.95. The molecule has 1 atom stereocenters. The molecular weight excluding hydrogens is 334 g/mol. The molecular formula is C15H12BrN3O2. The molecule has 0 heterocycles. The van der Waals surface area contributed by atoms with Crippen LogP contribution in [0.3, 0.4) is 0 Å². The lowest BCUT2D eigenvalue weighted by Crippen LogP contribution is -2.06. The van der Waals surface area contributed by atoms with Crippen molar-refractivity contribution in [2.45, 2.75) is 13.0 Å². The van der Waals surface area contributed by atoms with Crippen molar-refractivity contribution in [2.75, 3.05) is 5.32 Å². The first-order valence-electron chi connectivity index (χ1n) is 6.22. The molecule has 1 unspecified atom stereocenters. The van der Waals surface area contributed by atoms with Crippen LogP contribution in [0.15, 0.2) is 46.9 Å². The standard InChI is InChI=1S/C15H12BrN3O2/c1-10(12-4-2-11(9-17)3-5-12)18-13-6-7-14(16)15(8-13)19(20)21/h2-8,10,18H,1H3. The molecule has 1 N–H and O–H groups in total. The van der Waals surface area contributed by atoms with Crippen molar-refractivity contribution in [3.63, 3.8) is 0 Å². The van der Waals surface area contributed by atoms with Gasteiger partial charge in [0.25, 0.3) is 5.69 Å². The molecule has 0 spiro atoms. The van der Waals surface area contributed by atoms with Crippen molar-refractivity contribution in [3.05, 3.63) is 68.2 Å². The van der Waals surface area contributed by atoms with E-state index in [1.165, 1.54) is 6.07 Å². The van der Waals surface area contributed by atoms with Crippen molar-refractivity contribution in [3.8, 4) is 6.07 Å². The van der Waals surface area contributed by atoms with Crippen molar-refractivity contribution in [2.24, 2.45) is 0 Å². The minimum Gasteiger partial charge on any atom is -0.378 e. The molecule has 0 aromatic heterocycles. The van der Waals surface area contributed by atoms with E-state index in [0.717, 1.165) is 5.56 Å². The number of nitrogens with zero attached hydrogens (tertiary/aromatic N) is 2. The van der Waals surface area contributed by atoms with Gasteiger partial charge in [-0.25, -0.2) is 0 Å². The van der Waals surface area contributed by atoms with Crippen LogP contribution in [0.5, 0.6) is 0 Å². The topological polar surface area (TPSA) is 79.0 Å². The molecule has 0 radical (unpaired) electrons. The minimum atomic E-state index is -0.429. The van der Waals surface area contributed by atoms with Gasteiger partial charge in [0.1, 0.15) is 0 Å². The lowest BCUT2D eigenvalue weighted by atomic mass is 10.1. The van der Waals surface area contributed by atoms with E-state index in [-0.39, 0.29) is 11.7 Å². The number of hydrogen-bond acceptors (Lipinski definition) is 4. The van der Waals surface area contributed by atoms with Crippen LogP contribution >= 0.6 is 15.9 Å². The zero-order valence-corrected chi connectivity index (χ0v) is 12.8. The predicted octanol–water partition coefficient (Wildman–Crippen LogP) is 4.40. The van der Waals surface area contributed by atoms with Gasteiger partial charge in [-0.15, -0.1) is 0 Å². The summed E-state index contributed by atoms with van der Waals surface area (Å²) in [5.74, 6) is 0. The summed E-state index contributed by atoms with van der Waals surface area (Å²) in [7, 11) is 0. The SMILES string of the molecule is CC(Nc1ccc(Br)c([N+](=O)[O-])c1)c1ccc(C#N)cc1. The van der Waals surface area contributed by atoms with Gasteiger partial charge in [-0.2, -0.15) is 5.26 Å². The van der Waals surface area contributed by atoms with Gasteiger partial charge >= 0.3 is 0 Å². The summed E-state index contributed by atoms with van der Waals surface area (Å²) in [4.78, 5) is 10.5. The van der Waals surface area contributed by atoms with E-state index >= 15 is 0 Å². The summed E-state index contributed by atoms with van der Waals surface area (Å²) in [6, 6.07) is 14.2. The fourth-order valence-corrected chi connectivity index (χ4v) is 2.31. The van der Waals surface area contributed by atoms with Crippen LogP contribution in [0.25, 0.3) is 0 Å². The van der Waals surface area contributed by atoms with Crippen LogP contribution in [-0.4, -0.2) is 4.92 Å². The van der Waals surface area contributed by atoms with Crippen LogP contribution in [0, 0.1) is 21.4 Å². The van der Waals surface area contributed by atoms with Crippen LogP contribution < -0.4 is 5.32 Å². The Labute approximate surface area is 130 Å². The van der Waals surface area contributed by atoms with Gasteiger partial charge in [0.2, 0.25) is 0 Å². The largest absolute Gasteiger partial charge is 0.378 e. The zero-order valence-electron chi connectivity index (χ0n) is 11.2.